The van der Waals surface area contributed by atoms with Gasteiger partial charge in [0, 0.05) is 23.5 Å². The molecule has 3 nitrogen and oxygen atoms in total. The molecule has 1 aromatic rings. The molecular formula is C16H22N2OS. The minimum atomic E-state index is 0.168. The second-order valence-corrected chi connectivity index (χ2v) is 7.52. The van der Waals surface area contributed by atoms with Gasteiger partial charge in [-0.2, -0.15) is 0 Å². The van der Waals surface area contributed by atoms with Crippen LogP contribution in [0.5, 0.6) is 0 Å². The maximum atomic E-state index is 12.5. The van der Waals surface area contributed by atoms with Crippen molar-refractivity contribution in [3.63, 3.8) is 0 Å². The van der Waals surface area contributed by atoms with Gasteiger partial charge in [-0.1, -0.05) is 6.42 Å². The van der Waals surface area contributed by atoms with Crippen LogP contribution in [0.3, 0.4) is 0 Å². The Morgan fingerprint density at radius 1 is 1.20 bits per heavy atom. The molecule has 108 valence electrons. The molecule has 2 fully saturated rings. The number of thiophene rings is 1. The van der Waals surface area contributed by atoms with Crippen LogP contribution in [0.15, 0.2) is 6.07 Å². The molecule has 2 saturated heterocycles. The van der Waals surface area contributed by atoms with E-state index in [1.807, 2.05) is 0 Å². The third-order valence-corrected chi connectivity index (χ3v) is 6.38. The van der Waals surface area contributed by atoms with Crippen molar-refractivity contribution >= 4 is 17.2 Å². The Balaban J connectivity index is 1.44. The minimum absolute atomic E-state index is 0.168. The molecule has 4 rings (SSSR count). The highest BCUT2D eigenvalue weighted by Gasteiger charge is 2.36. The van der Waals surface area contributed by atoms with Gasteiger partial charge in [-0.05, 0) is 56.7 Å². The largest absolute Gasteiger partial charge is 0.347 e. The molecule has 0 bridgehead atoms. The summed E-state index contributed by atoms with van der Waals surface area (Å²) in [5, 5.41) is 3.31. The fourth-order valence-electron chi connectivity index (χ4n) is 4.10. The smallest absolute Gasteiger partial charge is 0.261 e. The number of nitrogens with one attached hydrogen (secondary N) is 1. The summed E-state index contributed by atoms with van der Waals surface area (Å²) >= 11 is 1.72. The Bertz CT molecular complexity index is 503. The molecule has 1 amide bonds. The predicted octanol–water partition coefficient (Wildman–Crippen LogP) is 2.59. The van der Waals surface area contributed by atoms with Crippen LogP contribution in [0, 0.1) is 0 Å². The Morgan fingerprint density at radius 3 is 3.05 bits per heavy atom. The topological polar surface area (TPSA) is 32.3 Å². The number of rotatable bonds is 2. The maximum Gasteiger partial charge on any atom is 0.261 e. The first-order chi connectivity index (χ1) is 9.81. The summed E-state index contributed by atoms with van der Waals surface area (Å²) in [7, 11) is 0. The van der Waals surface area contributed by atoms with E-state index in [-0.39, 0.29) is 5.91 Å². The van der Waals surface area contributed by atoms with Gasteiger partial charge in [-0.3, -0.25) is 9.69 Å². The van der Waals surface area contributed by atoms with Crippen LogP contribution in [0.25, 0.3) is 0 Å². The Hall–Kier alpha value is -0.870. The molecule has 3 heterocycles. The molecular weight excluding hydrogens is 268 g/mol. The Morgan fingerprint density at radius 2 is 2.15 bits per heavy atom. The highest BCUT2D eigenvalue weighted by molar-refractivity contribution is 7.14. The van der Waals surface area contributed by atoms with Crippen LogP contribution < -0.4 is 5.32 Å². The number of carbonyl (C=O) groups excluding carboxylic acids is 1. The molecule has 3 aliphatic rings. The first kappa shape index (κ1) is 12.8. The zero-order valence-electron chi connectivity index (χ0n) is 11.9. The third kappa shape index (κ3) is 2.19. The van der Waals surface area contributed by atoms with Gasteiger partial charge in [0.1, 0.15) is 0 Å². The van der Waals surface area contributed by atoms with Gasteiger partial charge >= 0.3 is 0 Å². The summed E-state index contributed by atoms with van der Waals surface area (Å²) in [6.45, 7) is 2.39. The number of hydrogen-bond donors (Lipinski definition) is 1. The quantitative estimate of drug-likeness (QED) is 0.908. The average Bonchev–Trinajstić information content (AvgIpc) is 3.12. The van der Waals surface area contributed by atoms with Crippen LogP contribution in [-0.4, -0.2) is 36.0 Å². The van der Waals surface area contributed by atoms with E-state index in [1.54, 1.807) is 11.3 Å². The number of nitrogens with zero attached hydrogens (tertiary/aromatic N) is 1. The maximum absolute atomic E-state index is 12.5. The molecule has 0 aromatic carbocycles. The molecule has 4 heteroatoms. The number of piperidine rings is 1. The molecule has 2 aliphatic heterocycles. The molecule has 1 aromatic heterocycles. The summed E-state index contributed by atoms with van der Waals surface area (Å²) in [6.07, 6.45) is 8.64. The van der Waals surface area contributed by atoms with Crippen LogP contribution in [0.4, 0.5) is 0 Å². The van der Waals surface area contributed by atoms with Gasteiger partial charge in [0.15, 0.2) is 0 Å². The molecule has 0 radical (unpaired) electrons. The van der Waals surface area contributed by atoms with Crippen LogP contribution in [0.1, 0.15) is 52.2 Å². The summed E-state index contributed by atoms with van der Waals surface area (Å²) in [6, 6.07) is 3.11. The first-order valence-corrected chi connectivity index (χ1v) is 8.79. The van der Waals surface area contributed by atoms with Crippen molar-refractivity contribution in [2.24, 2.45) is 0 Å². The lowest BCUT2D eigenvalue weighted by atomic mass is 9.99. The van der Waals surface area contributed by atoms with Crippen molar-refractivity contribution < 1.29 is 4.79 Å². The van der Waals surface area contributed by atoms with Crippen molar-refractivity contribution in [2.75, 3.05) is 13.1 Å². The predicted molar refractivity (Wildman–Crippen MR) is 81.4 cm³/mol. The van der Waals surface area contributed by atoms with Crippen molar-refractivity contribution in [3.05, 3.63) is 21.4 Å². The first-order valence-electron chi connectivity index (χ1n) is 7.98. The van der Waals surface area contributed by atoms with Gasteiger partial charge in [0.25, 0.3) is 5.91 Å². The van der Waals surface area contributed by atoms with E-state index < -0.39 is 0 Å². The fraction of sp³-hybridized carbons (Fsp3) is 0.688. The van der Waals surface area contributed by atoms with E-state index in [2.05, 4.69) is 16.3 Å². The highest BCUT2D eigenvalue weighted by atomic mass is 32.1. The molecule has 20 heavy (non-hydrogen) atoms. The number of fused-ring (bicyclic) bond motifs is 2. The van der Waals surface area contributed by atoms with Crippen LogP contribution >= 0.6 is 11.3 Å². The molecule has 1 aliphatic carbocycles. The van der Waals surface area contributed by atoms with Crippen LogP contribution in [-0.2, 0) is 12.8 Å². The summed E-state index contributed by atoms with van der Waals surface area (Å²) in [5.74, 6) is 0.168. The summed E-state index contributed by atoms with van der Waals surface area (Å²) in [5.41, 5.74) is 1.42. The van der Waals surface area contributed by atoms with E-state index >= 15 is 0 Å². The number of carbonyl (C=O) groups is 1. The van der Waals surface area contributed by atoms with E-state index in [1.165, 1.54) is 55.5 Å². The highest BCUT2D eigenvalue weighted by Crippen LogP contribution is 2.31. The minimum Gasteiger partial charge on any atom is -0.347 e. The van der Waals surface area contributed by atoms with E-state index in [0.29, 0.717) is 12.1 Å². The standard InChI is InChI=1S/C16H22N2OS/c19-16(15-10-11-4-3-6-14(11)20-15)17-12-7-9-18-8-2-1-5-13(12)18/h10,12-13H,1-9H2,(H,17,19)/t12-,13-/m0/s1. The SMILES string of the molecule is O=C(N[C@H]1CCN2CCCC[C@@H]12)c1cc2c(s1)CCC2. The Labute approximate surface area is 124 Å². The van der Waals surface area contributed by atoms with Gasteiger partial charge < -0.3 is 5.32 Å². The fourth-order valence-corrected chi connectivity index (χ4v) is 5.25. The Kier molecular flexibility index (Phi) is 3.31. The lowest BCUT2D eigenvalue weighted by Crippen LogP contribution is -2.46. The van der Waals surface area contributed by atoms with Crippen molar-refractivity contribution in [1.29, 1.82) is 0 Å². The van der Waals surface area contributed by atoms with E-state index in [0.717, 1.165) is 17.8 Å². The van der Waals surface area contributed by atoms with Crippen LogP contribution in [0.2, 0.25) is 0 Å². The van der Waals surface area contributed by atoms with Gasteiger partial charge in [0.05, 0.1) is 4.88 Å². The monoisotopic (exact) mass is 290 g/mol. The lowest BCUT2D eigenvalue weighted by Gasteiger charge is -2.32. The number of aryl methyl sites for hydroxylation is 2. The summed E-state index contributed by atoms with van der Waals surface area (Å²) < 4.78 is 0. The van der Waals surface area contributed by atoms with Crippen molar-refractivity contribution in [2.45, 2.75) is 57.0 Å². The molecule has 0 spiro atoms. The number of amides is 1. The van der Waals surface area contributed by atoms with Gasteiger partial charge in [0.2, 0.25) is 0 Å². The summed E-state index contributed by atoms with van der Waals surface area (Å²) in [4.78, 5) is 17.4. The van der Waals surface area contributed by atoms with Gasteiger partial charge in [-0.25, -0.2) is 0 Å². The second kappa shape index (κ2) is 5.15. The van der Waals surface area contributed by atoms with Crippen molar-refractivity contribution in [1.82, 2.24) is 10.2 Å². The molecule has 0 saturated carbocycles. The molecule has 2 atom stereocenters. The van der Waals surface area contributed by atoms with E-state index in [9.17, 15) is 4.79 Å². The second-order valence-electron chi connectivity index (χ2n) is 6.38. The average molecular weight is 290 g/mol. The lowest BCUT2D eigenvalue weighted by molar-refractivity contribution is 0.0919. The zero-order chi connectivity index (χ0) is 13.5. The third-order valence-electron chi connectivity index (χ3n) is 5.14. The van der Waals surface area contributed by atoms with Crippen molar-refractivity contribution in [3.8, 4) is 0 Å². The molecule has 0 unspecified atom stereocenters. The normalized spacial score (nSPS) is 29.2. The molecule has 1 N–H and O–H groups in total. The number of hydrogen-bond acceptors (Lipinski definition) is 3. The zero-order valence-corrected chi connectivity index (χ0v) is 12.7. The van der Waals surface area contributed by atoms with Gasteiger partial charge in [-0.15, -0.1) is 11.3 Å². The van der Waals surface area contributed by atoms with E-state index in [4.69, 9.17) is 0 Å².